The number of fused-ring (bicyclic) bond motifs is 1. The molecule has 0 aliphatic heterocycles. The Kier molecular flexibility index (Phi) is 2.71. The number of nitrogens with zero attached hydrogens (tertiary/aromatic N) is 4. The van der Waals surface area contributed by atoms with E-state index < -0.39 is 0 Å². The van der Waals surface area contributed by atoms with Gasteiger partial charge in [0.05, 0.1) is 11.6 Å². The molecule has 3 rings (SSSR count). The summed E-state index contributed by atoms with van der Waals surface area (Å²) in [7, 11) is 0. The van der Waals surface area contributed by atoms with Crippen LogP contribution >= 0.6 is 0 Å². The van der Waals surface area contributed by atoms with Crippen molar-refractivity contribution in [3.63, 3.8) is 0 Å². The van der Waals surface area contributed by atoms with Gasteiger partial charge in [-0.1, -0.05) is 0 Å². The second-order valence-electron chi connectivity index (χ2n) is 4.12. The first-order valence-electron chi connectivity index (χ1n) is 5.73. The highest BCUT2D eigenvalue weighted by Gasteiger charge is 2.07. The number of nitrogens with one attached hydrogen (secondary N) is 1. The number of anilines is 1. The molecule has 3 aromatic heterocycles. The molecule has 0 spiro atoms. The van der Waals surface area contributed by atoms with Crippen LogP contribution in [0.4, 0.5) is 5.82 Å². The van der Waals surface area contributed by atoms with Crippen LogP contribution in [0.3, 0.4) is 0 Å². The van der Waals surface area contributed by atoms with Gasteiger partial charge in [0.2, 0.25) is 0 Å². The van der Waals surface area contributed by atoms with Gasteiger partial charge in [0.25, 0.3) is 0 Å². The van der Waals surface area contributed by atoms with E-state index in [1.54, 1.807) is 12.4 Å². The third-order valence-electron chi connectivity index (χ3n) is 2.65. The highest BCUT2D eigenvalue weighted by molar-refractivity contribution is 5.84. The summed E-state index contributed by atoms with van der Waals surface area (Å²) in [4.78, 5) is 12.4. The van der Waals surface area contributed by atoms with Crippen LogP contribution < -0.4 is 10.5 Å². The first-order chi connectivity index (χ1) is 9.22. The Morgan fingerprint density at radius 1 is 1.37 bits per heavy atom. The molecule has 0 saturated carbocycles. The first kappa shape index (κ1) is 11.4. The molecule has 0 radical (unpaired) electrons. The van der Waals surface area contributed by atoms with Gasteiger partial charge in [-0.05, 0) is 24.6 Å². The molecule has 0 bridgehead atoms. The predicted octanol–water partition coefficient (Wildman–Crippen LogP) is 1.22. The standard InChI is InChI=1S/C12H12N6O/c1-7-4-8(2-3-14-7)6-19-12-16-10(13)9-5-15-18-11(9)17-12/h2-5H,6H2,1H3,(H3,13,15,16,17,18). The number of rotatable bonds is 3. The second-order valence-corrected chi connectivity index (χ2v) is 4.12. The molecular weight excluding hydrogens is 244 g/mol. The first-order valence-corrected chi connectivity index (χ1v) is 5.73. The van der Waals surface area contributed by atoms with Gasteiger partial charge >= 0.3 is 6.01 Å². The number of hydrogen-bond acceptors (Lipinski definition) is 6. The van der Waals surface area contributed by atoms with Crippen LogP contribution in [0.15, 0.2) is 24.5 Å². The Hall–Kier alpha value is -2.70. The SMILES string of the molecule is Cc1cc(COc2nc(N)c3cn[nH]c3n2)ccn1. The lowest BCUT2D eigenvalue weighted by molar-refractivity contribution is 0.282. The van der Waals surface area contributed by atoms with Crippen LogP contribution in [-0.2, 0) is 6.61 Å². The lowest BCUT2D eigenvalue weighted by Crippen LogP contribution is -2.02. The minimum absolute atomic E-state index is 0.226. The average molecular weight is 256 g/mol. The van der Waals surface area contributed by atoms with Crippen molar-refractivity contribution in [3.05, 3.63) is 35.8 Å². The van der Waals surface area contributed by atoms with Crippen molar-refractivity contribution in [1.82, 2.24) is 25.1 Å². The normalized spacial score (nSPS) is 10.8. The molecule has 0 saturated heterocycles. The summed E-state index contributed by atoms with van der Waals surface area (Å²) in [6.45, 7) is 2.29. The predicted molar refractivity (Wildman–Crippen MR) is 69.4 cm³/mol. The van der Waals surface area contributed by atoms with Gasteiger partial charge in [-0.3, -0.25) is 10.1 Å². The maximum Gasteiger partial charge on any atom is 0.320 e. The van der Waals surface area contributed by atoms with Gasteiger partial charge < -0.3 is 10.5 Å². The molecule has 0 unspecified atom stereocenters. The summed E-state index contributed by atoms with van der Waals surface area (Å²) in [6, 6.07) is 4.05. The maximum atomic E-state index is 5.79. The molecule has 0 aliphatic rings. The maximum absolute atomic E-state index is 5.79. The zero-order chi connectivity index (χ0) is 13.2. The monoisotopic (exact) mass is 256 g/mol. The number of H-pyrrole nitrogens is 1. The van der Waals surface area contributed by atoms with Gasteiger partial charge in [-0.2, -0.15) is 15.1 Å². The van der Waals surface area contributed by atoms with Crippen LogP contribution in [0.25, 0.3) is 11.0 Å². The number of nitrogen functional groups attached to an aromatic ring is 1. The summed E-state index contributed by atoms with van der Waals surface area (Å²) >= 11 is 0. The molecule has 7 heteroatoms. The van der Waals surface area contributed by atoms with E-state index in [1.165, 1.54) is 0 Å². The van der Waals surface area contributed by atoms with E-state index in [-0.39, 0.29) is 6.01 Å². The average Bonchev–Trinajstić information content (AvgIpc) is 2.85. The Morgan fingerprint density at radius 2 is 2.26 bits per heavy atom. The van der Waals surface area contributed by atoms with Crippen molar-refractivity contribution in [1.29, 1.82) is 0 Å². The molecule has 0 fully saturated rings. The number of aromatic nitrogens is 5. The van der Waals surface area contributed by atoms with E-state index in [9.17, 15) is 0 Å². The summed E-state index contributed by atoms with van der Waals surface area (Å²) < 4.78 is 5.53. The van der Waals surface area contributed by atoms with Gasteiger partial charge in [-0.25, -0.2) is 0 Å². The summed E-state index contributed by atoms with van der Waals surface area (Å²) in [5.74, 6) is 0.347. The van der Waals surface area contributed by atoms with E-state index in [4.69, 9.17) is 10.5 Å². The number of nitrogens with two attached hydrogens (primary N) is 1. The Balaban J connectivity index is 1.81. The van der Waals surface area contributed by atoms with Crippen LogP contribution in [0.2, 0.25) is 0 Å². The molecule has 3 aromatic rings. The lowest BCUT2D eigenvalue weighted by atomic mass is 10.2. The van der Waals surface area contributed by atoms with Gasteiger partial charge in [0, 0.05) is 11.9 Å². The largest absolute Gasteiger partial charge is 0.458 e. The van der Waals surface area contributed by atoms with Gasteiger partial charge in [0.15, 0.2) is 5.65 Å². The Morgan fingerprint density at radius 3 is 3.11 bits per heavy atom. The molecule has 7 nitrogen and oxygen atoms in total. The van der Waals surface area contributed by atoms with Crippen molar-refractivity contribution >= 4 is 16.9 Å². The number of ether oxygens (including phenoxy) is 1. The third kappa shape index (κ3) is 2.30. The fourth-order valence-electron chi connectivity index (χ4n) is 1.74. The molecule has 0 amide bonds. The molecule has 19 heavy (non-hydrogen) atoms. The molecular formula is C12H12N6O. The zero-order valence-corrected chi connectivity index (χ0v) is 10.3. The molecule has 0 aliphatic carbocycles. The fourth-order valence-corrected chi connectivity index (χ4v) is 1.74. The van der Waals surface area contributed by atoms with E-state index in [0.29, 0.717) is 23.5 Å². The quantitative estimate of drug-likeness (QED) is 0.730. The minimum Gasteiger partial charge on any atom is -0.458 e. The van der Waals surface area contributed by atoms with Gasteiger partial charge in [0.1, 0.15) is 12.4 Å². The number of hydrogen-bond donors (Lipinski definition) is 2. The van der Waals surface area contributed by atoms with Crippen molar-refractivity contribution < 1.29 is 4.74 Å². The molecule has 3 N–H and O–H groups in total. The van der Waals surface area contributed by atoms with Crippen LogP contribution in [0.1, 0.15) is 11.3 Å². The number of aryl methyl sites for hydroxylation is 1. The van der Waals surface area contributed by atoms with Crippen LogP contribution in [-0.4, -0.2) is 25.1 Å². The van der Waals surface area contributed by atoms with Crippen LogP contribution in [0, 0.1) is 6.92 Å². The molecule has 0 atom stereocenters. The van der Waals surface area contributed by atoms with E-state index >= 15 is 0 Å². The van der Waals surface area contributed by atoms with Crippen molar-refractivity contribution in [2.75, 3.05) is 5.73 Å². The van der Waals surface area contributed by atoms with Crippen molar-refractivity contribution in [3.8, 4) is 6.01 Å². The second kappa shape index (κ2) is 4.52. The summed E-state index contributed by atoms with van der Waals surface area (Å²) in [5, 5.41) is 7.29. The highest BCUT2D eigenvalue weighted by atomic mass is 16.5. The van der Waals surface area contributed by atoms with E-state index in [2.05, 4.69) is 25.1 Å². The molecule has 3 heterocycles. The zero-order valence-electron chi connectivity index (χ0n) is 10.3. The fraction of sp³-hybridized carbons (Fsp3) is 0.167. The summed E-state index contributed by atoms with van der Waals surface area (Å²) in [5.41, 5.74) is 8.29. The topological polar surface area (TPSA) is 103 Å². The van der Waals surface area contributed by atoms with E-state index in [0.717, 1.165) is 11.3 Å². The minimum atomic E-state index is 0.226. The molecule has 0 aromatic carbocycles. The number of pyridine rings is 1. The van der Waals surface area contributed by atoms with Crippen molar-refractivity contribution in [2.45, 2.75) is 13.5 Å². The number of aromatic amines is 1. The van der Waals surface area contributed by atoms with Crippen LogP contribution in [0.5, 0.6) is 6.01 Å². The van der Waals surface area contributed by atoms with Gasteiger partial charge in [-0.15, -0.1) is 0 Å². The summed E-state index contributed by atoms with van der Waals surface area (Å²) in [6.07, 6.45) is 3.32. The highest BCUT2D eigenvalue weighted by Crippen LogP contribution is 2.18. The Bertz CT molecular complexity index is 723. The lowest BCUT2D eigenvalue weighted by Gasteiger charge is -2.05. The smallest absolute Gasteiger partial charge is 0.320 e. The third-order valence-corrected chi connectivity index (χ3v) is 2.65. The van der Waals surface area contributed by atoms with Crippen molar-refractivity contribution in [2.24, 2.45) is 0 Å². The molecule has 96 valence electrons. The van der Waals surface area contributed by atoms with E-state index in [1.807, 2.05) is 19.1 Å². The Labute approximate surface area is 108 Å².